The molecule has 7 nitrogen and oxygen atoms in total. The SMILES string of the molecule is C=NC(=O)[C@H](COC1CN(C(=O)C#CC(C)(C)N(C)C)C1)OC. The van der Waals surface area contributed by atoms with E-state index in [0.717, 1.165) is 0 Å². The molecule has 0 saturated carbocycles. The Bertz CT molecular complexity index is 513. The number of hydrogen-bond donors (Lipinski definition) is 0. The van der Waals surface area contributed by atoms with Crippen LogP contribution in [-0.2, 0) is 19.1 Å². The van der Waals surface area contributed by atoms with E-state index in [1.54, 1.807) is 4.90 Å². The first kappa shape index (κ1) is 19.3. The molecule has 1 atom stereocenters. The van der Waals surface area contributed by atoms with Crippen LogP contribution in [0.5, 0.6) is 0 Å². The lowest BCUT2D eigenvalue weighted by molar-refractivity contribution is -0.146. The second-order valence-electron chi connectivity index (χ2n) is 6.09. The van der Waals surface area contributed by atoms with Crippen molar-refractivity contribution in [1.82, 2.24) is 9.80 Å². The van der Waals surface area contributed by atoms with Crippen LogP contribution in [0, 0.1) is 11.8 Å². The fraction of sp³-hybridized carbons (Fsp3) is 0.688. The number of rotatable bonds is 6. The van der Waals surface area contributed by atoms with Gasteiger partial charge >= 0.3 is 0 Å². The van der Waals surface area contributed by atoms with Crippen LogP contribution in [0.1, 0.15) is 13.8 Å². The van der Waals surface area contributed by atoms with Gasteiger partial charge in [0.2, 0.25) is 0 Å². The maximum Gasteiger partial charge on any atom is 0.298 e. The van der Waals surface area contributed by atoms with Crippen LogP contribution in [0.25, 0.3) is 0 Å². The molecule has 0 aromatic rings. The third-order valence-corrected chi connectivity index (χ3v) is 3.93. The molecule has 1 saturated heterocycles. The van der Waals surface area contributed by atoms with Crippen molar-refractivity contribution in [2.45, 2.75) is 31.6 Å². The zero-order valence-corrected chi connectivity index (χ0v) is 14.5. The summed E-state index contributed by atoms with van der Waals surface area (Å²) in [6.07, 6.45) is -0.865. The Balaban J connectivity index is 2.39. The maximum absolute atomic E-state index is 12.0. The fourth-order valence-electron chi connectivity index (χ4n) is 1.67. The molecule has 128 valence electrons. The van der Waals surface area contributed by atoms with Crippen LogP contribution >= 0.6 is 0 Å². The van der Waals surface area contributed by atoms with Crippen molar-refractivity contribution in [3.05, 3.63) is 0 Å². The van der Waals surface area contributed by atoms with Crippen molar-refractivity contribution in [2.75, 3.05) is 40.9 Å². The third-order valence-electron chi connectivity index (χ3n) is 3.93. The van der Waals surface area contributed by atoms with E-state index in [9.17, 15) is 9.59 Å². The lowest BCUT2D eigenvalue weighted by atomic mass is 10.1. The Hall–Kier alpha value is -1.75. The van der Waals surface area contributed by atoms with E-state index < -0.39 is 12.0 Å². The molecule has 23 heavy (non-hydrogen) atoms. The summed E-state index contributed by atoms with van der Waals surface area (Å²) < 4.78 is 10.5. The quantitative estimate of drug-likeness (QED) is 0.500. The molecule has 0 unspecified atom stereocenters. The van der Waals surface area contributed by atoms with Gasteiger partial charge in [0.15, 0.2) is 6.10 Å². The number of carbonyl (C=O) groups is 2. The first-order valence-electron chi connectivity index (χ1n) is 7.35. The molecule has 2 amide bonds. The normalized spacial score (nSPS) is 16.3. The van der Waals surface area contributed by atoms with Crippen molar-refractivity contribution >= 4 is 18.5 Å². The van der Waals surface area contributed by atoms with E-state index in [0.29, 0.717) is 13.1 Å². The second-order valence-corrected chi connectivity index (χ2v) is 6.09. The zero-order valence-electron chi connectivity index (χ0n) is 14.5. The molecule has 0 radical (unpaired) electrons. The Labute approximate surface area is 137 Å². The summed E-state index contributed by atoms with van der Waals surface area (Å²) in [6, 6.07) is 0. The smallest absolute Gasteiger partial charge is 0.298 e. The summed E-state index contributed by atoms with van der Waals surface area (Å²) >= 11 is 0. The van der Waals surface area contributed by atoms with E-state index in [4.69, 9.17) is 9.47 Å². The molecular formula is C16H25N3O4. The van der Waals surface area contributed by atoms with Gasteiger partial charge in [0, 0.05) is 20.2 Å². The van der Waals surface area contributed by atoms with Gasteiger partial charge in [-0.1, -0.05) is 5.92 Å². The van der Waals surface area contributed by atoms with Gasteiger partial charge in [-0.2, -0.15) is 0 Å². The van der Waals surface area contributed by atoms with Gasteiger partial charge in [0.1, 0.15) is 0 Å². The Morgan fingerprint density at radius 3 is 2.52 bits per heavy atom. The number of hydrogen-bond acceptors (Lipinski definition) is 5. The topological polar surface area (TPSA) is 71.4 Å². The monoisotopic (exact) mass is 323 g/mol. The summed E-state index contributed by atoms with van der Waals surface area (Å²) in [5, 5.41) is 0. The van der Waals surface area contributed by atoms with Gasteiger partial charge in [0.25, 0.3) is 11.8 Å². The van der Waals surface area contributed by atoms with Gasteiger partial charge in [-0.15, -0.1) is 0 Å². The van der Waals surface area contributed by atoms with Crippen LogP contribution in [0.4, 0.5) is 0 Å². The molecule has 0 spiro atoms. The molecule has 1 rings (SSSR count). The van der Waals surface area contributed by atoms with Crippen LogP contribution < -0.4 is 0 Å². The molecule has 1 fully saturated rings. The third kappa shape index (κ3) is 5.43. The summed E-state index contributed by atoms with van der Waals surface area (Å²) in [5.74, 6) is 4.95. The number of methoxy groups -OCH3 is 1. The number of amides is 2. The van der Waals surface area contributed by atoms with Crippen LogP contribution in [0.15, 0.2) is 4.99 Å². The largest absolute Gasteiger partial charge is 0.371 e. The minimum atomic E-state index is -0.752. The zero-order chi connectivity index (χ0) is 17.6. The number of likely N-dealkylation sites (tertiary alicyclic amines) is 1. The lowest BCUT2D eigenvalue weighted by Gasteiger charge is -2.38. The van der Waals surface area contributed by atoms with Gasteiger partial charge in [-0.3, -0.25) is 14.5 Å². The molecule has 1 aliphatic rings. The molecular weight excluding hydrogens is 298 g/mol. The molecule has 0 bridgehead atoms. The average molecular weight is 323 g/mol. The van der Waals surface area contributed by atoms with Crippen LogP contribution in [0.3, 0.4) is 0 Å². The van der Waals surface area contributed by atoms with E-state index in [2.05, 4.69) is 23.6 Å². The van der Waals surface area contributed by atoms with E-state index in [1.807, 2.05) is 32.8 Å². The molecule has 0 aromatic carbocycles. The van der Waals surface area contributed by atoms with Gasteiger partial charge in [0.05, 0.1) is 18.2 Å². The van der Waals surface area contributed by atoms with Crippen molar-refractivity contribution in [1.29, 1.82) is 0 Å². The van der Waals surface area contributed by atoms with Crippen molar-refractivity contribution in [2.24, 2.45) is 4.99 Å². The first-order valence-corrected chi connectivity index (χ1v) is 7.35. The standard InChI is InChI=1S/C16H25N3O4/c1-16(2,18(4)5)8-7-14(20)19-9-12(10-19)23-11-13(22-6)15(21)17-3/h12-13H,3,9-11H2,1-2,4-6H3/t13-/m0/s1. The van der Waals surface area contributed by atoms with Gasteiger partial charge in [-0.05, 0) is 40.6 Å². The highest BCUT2D eigenvalue weighted by molar-refractivity contribution is 5.94. The Kier molecular flexibility index (Phi) is 6.88. The highest BCUT2D eigenvalue weighted by Crippen LogP contribution is 2.13. The van der Waals surface area contributed by atoms with E-state index in [-0.39, 0.29) is 24.2 Å². The highest BCUT2D eigenvalue weighted by atomic mass is 16.5. The van der Waals surface area contributed by atoms with Crippen LogP contribution in [0.2, 0.25) is 0 Å². The number of ether oxygens (including phenoxy) is 2. The average Bonchev–Trinajstić information content (AvgIpc) is 2.46. The summed E-state index contributed by atoms with van der Waals surface area (Å²) in [5.41, 5.74) is -0.361. The predicted octanol–water partition coefficient (Wildman–Crippen LogP) is -0.200. The molecule has 0 N–H and O–H groups in total. The predicted molar refractivity (Wildman–Crippen MR) is 87.2 cm³/mol. The Morgan fingerprint density at radius 2 is 2.04 bits per heavy atom. The summed E-state index contributed by atoms with van der Waals surface area (Å²) in [4.78, 5) is 30.2. The minimum absolute atomic E-state index is 0.0976. The molecule has 7 heteroatoms. The van der Waals surface area contributed by atoms with E-state index >= 15 is 0 Å². The highest BCUT2D eigenvalue weighted by Gasteiger charge is 2.32. The maximum atomic E-state index is 12.0. The molecule has 1 heterocycles. The first-order chi connectivity index (χ1) is 10.7. The van der Waals surface area contributed by atoms with Crippen LogP contribution in [-0.4, -0.2) is 87.0 Å². The summed E-state index contributed by atoms with van der Waals surface area (Å²) in [7, 11) is 5.24. The number of nitrogens with zero attached hydrogens (tertiary/aromatic N) is 3. The summed E-state index contributed by atoms with van der Waals surface area (Å²) in [6.45, 7) is 8.09. The van der Waals surface area contributed by atoms with Gasteiger partial charge in [-0.25, -0.2) is 4.99 Å². The molecule has 0 aliphatic carbocycles. The van der Waals surface area contributed by atoms with Crippen molar-refractivity contribution < 1.29 is 19.1 Å². The van der Waals surface area contributed by atoms with E-state index in [1.165, 1.54) is 7.11 Å². The Morgan fingerprint density at radius 1 is 1.43 bits per heavy atom. The molecule has 0 aromatic heterocycles. The fourth-order valence-corrected chi connectivity index (χ4v) is 1.67. The number of carbonyl (C=O) groups excluding carboxylic acids is 2. The second kappa shape index (κ2) is 8.20. The molecule has 1 aliphatic heterocycles. The van der Waals surface area contributed by atoms with Crippen molar-refractivity contribution in [3.8, 4) is 11.8 Å². The van der Waals surface area contributed by atoms with Gasteiger partial charge < -0.3 is 14.4 Å². The lowest BCUT2D eigenvalue weighted by Crippen LogP contribution is -2.55. The number of aliphatic imine (C=N–C) groups is 1. The minimum Gasteiger partial charge on any atom is -0.371 e. The van der Waals surface area contributed by atoms with Crippen molar-refractivity contribution in [3.63, 3.8) is 0 Å².